The Morgan fingerprint density at radius 3 is 2.48 bits per heavy atom. The first-order chi connectivity index (χ1) is 12.7. The smallest absolute Gasteiger partial charge is 0.312 e. The number of hydrogen-bond donors (Lipinski definition) is 2. The van der Waals surface area contributed by atoms with Crippen molar-refractivity contribution in [2.45, 2.75) is 51.4 Å². The van der Waals surface area contributed by atoms with E-state index in [1.807, 2.05) is 20.8 Å². The number of nitrogens with one attached hydrogen (secondary N) is 1. The van der Waals surface area contributed by atoms with Crippen molar-refractivity contribution >= 4 is 11.9 Å². The highest BCUT2D eigenvalue weighted by molar-refractivity contribution is 5.79. The highest BCUT2D eigenvalue weighted by Crippen LogP contribution is 2.19. The Morgan fingerprint density at radius 1 is 1.26 bits per heavy atom. The van der Waals surface area contributed by atoms with Crippen LogP contribution in [-0.4, -0.2) is 33.7 Å². The van der Waals surface area contributed by atoms with Gasteiger partial charge >= 0.3 is 5.97 Å². The molecule has 1 heterocycles. The predicted octanol–water partition coefficient (Wildman–Crippen LogP) is 2.81. The number of amides is 1. The summed E-state index contributed by atoms with van der Waals surface area (Å²) in [5, 5.41) is 15.9. The predicted molar refractivity (Wildman–Crippen MR) is 95.7 cm³/mol. The lowest BCUT2D eigenvalue weighted by Gasteiger charge is -2.13. The van der Waals surface area contributed by atoms with Gasteiger partial charge in [-0.3, -0.25) is 9.59 Å². The monoisotopic (exact) mass is 377 g/mol. The van der Waals surface area contributed by atoms with Gasteiger partial charge in [0.2, 0.25) is 11.8 Å². The van der Waals surface area contributed by atoms with Crippen molar-refractivity contribution in [2.75, 3.05) is 6.54 Å². The molecule has 2 N–H and O–H groups in total. The van der Waals surface area contributed by atoms with Crippen LogP contribution in [0, 0.1) is 5.82 Å². The number of rotatable bonds is 8. The van der Waals surface area contributed by atoms with Gasteiger partial charge in [-0.15, -0.1) is 0 Å². The number of carbonyl (C=O) groups is 2. The number of benzene rings is 1. The summed E-state index contributed by atoms with van der Waals surface area (Å²) in [5.41, 5.74) is 0.232. The molecule has 0 radical (unpaired) electrons. The van der Waals surface area contributed by atoms with Gasteiger partial charge in [0.15, 0.2) is 5.82 Å². The fourth-order valence-electron chi connectivity index (χ4n) is 2.41. The van der Waals surface area contributed by atoms with Gasteiger partial charge in [-0.1, -0.05) is 38.1 Å². The van der Waals surface area contributed by atoms with Gasteiger partial charge < -0.3 is 14.9 Å². The summed E-state index contributed by atoms with van der Waals surface area (Å²) in [4.78, 5) is 27.7. The van der Waals surface area contributed by atoms with E-state index in [0.717, 1.165) is 0 Å². The van der Waals surface area contributed by atoms with Gasteiger partial charge in [-0.05, 0) is 24.1 Å². The fourth-order valence-corrected chi connectivity index (χ4v) is 2.41. The topological polar surface area (TPSA) is 105 Å². The Kier molecular flexibility index (Phi) is 6.65. The van der Waals surface area contributed by atoms with Gasteiger partial charge in [0.1, 0.15) is 5.82 Å². The van der Waals surface area contributed by atoms with Gasteiger partial charge in [-0.25, -0.2) is 4.39 Å². The molecule has 2 rings (SSSR count). The molecule has 1 aromatic heterocycles. The maximum Gasteiger partial charge on any atom is 0.312 e. The molecule has 7 nitrogen and oxygen atoms in total. The lowest BCUT2D eigenvalue weighted by atomic mass is 9.96. The third-order valence-corrected chi connectivity index (χ3v) is 4.01. The second kappa shape index (κ2) is 8.75. The van der Waals surface area contributed by atoms with Crippen LogP contribution in [0.1, 0.15) is 56.8 Å². The zero-order chi connectivity index (χ0) is 20.0. The molecule has 27 heavy (non-hydrogen) atoms. The van der Waals surface area contributed by atoms with E-state index in [1.54, 1.807) is 0 Å². The molecule has 0 aliphatic carbocycles. The van der Waals surface area contributed by atoms with E-state index in [4.69, 9.17) is 4.52 Å². The van der Waals surface area contributed by atoms with E-state index in [0.29, 0.717) is 30.1 Å². The molecular formula is C19H24FN3O4. The highest BCUT2D eigenvalue weighted by Gasteiger charge is 2.22. The number of hydrogen-bond acceptors (Lipinski definition) is 5. The van der Waals surface area contributed by atoms with Crippen molar-refractivity contribution in [2.24, 2.45) is 0 Å². The third-order valence-electron chi connectivity index (χ3n) is 4.01. The molecule has 1 aromatic carbocycles. The number of aromatic nitrogens is 2. The van der Waals surface area contributed by atoms with Crippen LogP contribution in [0.25, 0.3) is 0 Å². The van der Waals surface area contributed by atoms with Crippen LogP contribution in [0.5, 0.6) is 0 Å². The normalized spacial score (nSPS) is 12.6. The number of carboxylic acid groups (broad SMARTS) is 1. The molecule has 146 valence electrons. The number of carbonyl (C=O) groups excluding carboxylic acids is 1. The van der Waals surface area contributed by atoms with Crippen LogP contribution in [0.3, 0.4) is 0 Å². The molecule has 1 unspecified atom stereocenters. The molecule has 0 fully saturated rings. The number of halogens is 1. The van der Waals surface area contributed by atoms with Crippen LogP contribution in [0.15, 0.2) is 28.8 Å². The summed E-state index contributed by atoms with van der Waals surface area (Å²) < 4.78 is 18.1. The van der Waals surface area contributed by atoms with Crippen LogP contribution in [0.2, 0.25) is 0 Å². The van der Waals surface area contributed by atoms with Gasteiger partial charge in [-0.2, -0.15) is 4.98 Å². The molecule has 0 spiro atoms. The van der Waals surface area contributed by atoms with Crippen LogP contribution in [-0.2, 0) is 21.4 Å². The average molecular weight is 377 g/mol. The Balaban J connectivity index is 1.80. The lowest BCUT2D eigenvalue weighted by Crippen LogP contribution is -2.31. The standard InChI is InChI=1S/C19H24FN3O4/c1-19(2,3)18-22-16(27-23-18)6-4-5-15(24)21-11-14(17(25)26)12-7-9-13(20)10-8-12/h7-10,14H,4-6,11H2,1-3H3,(H,21,24)(H,25,26). The van der Waals surface area contributed by atoms with Crippen molar-refractivity contribution in [1.82, 2.24) is 15.5 Å². The van der Waals surface area contributed by atoms with Gasteiger partial charge in [0.25, 0.3) is 0 Å². The van der Waals surface area contributed by atoms with E-state index >= 15 is 0 Å². The van der Waals surface area contributed by atoms with Crippen molar-refractivity contribution in [3.8, 4) is 0 Å². The van der Waals surface area contributed by atoms with E-state index in [-0.39, 0.29) is 24.3 Å². The summed E-state index contributed by atoms with van der Waals surface area (Å²) in [5.74, 6) is -1.63. The first kappa shape index (κ1) is 20.5. The summed E-state index contributed by atoms with van der Waals surface area (Å²) in [7, 11) is 0. The van der Waals surface area contributed by atoms with E-state index in [1.165, 1.54) is 24.3 Å². The van der Waals surface area contributed by atoms with Crippen LogP contribution < -0.4 is 5.32 Å². The largest absolute Gasteiger partial charge is 0.481 e. The zero-order valence-electron chi connectivity index (χ0n) is 15.7. The molecule has 0 bridgehead atoms. The summed E-state index contributed by atoms with van der Waals surface area (Å²) in [6.07, 6.45) is 1.19. The number of carboxylic acids is 1. The van der Waals surface area contributed by atoms with Crippen molar-refractivity contribution in [3.63, 3.8) is 0 Å². The highest BCUT2D eigenvalue weighted by atomic mass is 19.1. The Hall–Kier alpha value is -2.77. The number of aryl methyl sites for hydroxylation is 1. The molecule has 2 aromatic rings. The fraction of sp³-hybridized carbons (Fsp3) is 0.474. The summed E-state index contributed by atoms with van der Waals surface area (Å²) in [6, 6.07) is 5.21. The SMILES string of the molecule is CC(C)(C)c1noc(CCCC(=O)NCC(C(=O)O)c2ccc(F)cc2)n1. The van der Waals surface area contributed by atoms with E-state index in [9.17, 15) is 19.1 Å². The van der Waals surface area contributed by atoms with Crippen LogP contribution >= 0.6 is 0 Å². The molecule has 8 heteroatoms. The Bertz CT molecular complexity index is 781. The third kappa shape index (κ3) is 6.16. The van der Waals surface area contributed by atoms with Gasteiger partial charge in [0.05, 0.1) is 5.92 Å². The Labute approximate surface area is 157 Å². The molecule has 0 saturated carbocycles. The van der Waals surface area contributed by atoms with Crippen molar-refractivity contribution in [1.29, 1.82) is 0 Å². The molecule has 1 atom stereocenters. The lowest BCUT2D eigenvalue weighted by molar-refractivity contribution is -0.138. The summed E-state index contributed by atoms with van der Waals surface area (Å²) >= 11 is 0. The maximum atomic E-state index is 13.0. The second-order valence-electron chi connectivity index (χ2n) is 7.36. The molecule has 1 amide bonds. The maximum absolute atomic E-state index is 13.0. The number of nitrogens with zero attached hydrogens (tertiary/aromatic N) is 2. The van der Waals surface area contributed by atoms with Crippen molar-refractivity contribution < 1.29 is 23.6 Å². The van der Waals surface area contributed by atoms with Crippen molar-refractivity contribution in [3.05, 3.63) is 47.4 Å². The zero-order valence-corrected chi connectivity index (χ0v) is 15.7. The summed E-state index contributed by atoms with van der Waals surface area (Å²) in [6.45, 7) is 5.88. The van der Waals surface area contributed by atoms with Gasteiger partial charge in [0, 0.05) is 24.8 Å². The average Bonchev–Trinajstić information content (AvgIpc) is 3.05. The first-order valence-electron chi connectivity index (χ1n) is 8.75. The molecule has 0 saturated heterocycles. The van der Waals surface area contributed by atoms with E-state index < -0.39 is 17.7 Å². The molecule has 0 aliphatic heterocycles. The van der Waals surface area contributed by atoms with E-state index in [2.05, 4.69) is 15.5 Å². The quantitative estimate of drug-likeness (QED) is 0.733. The first-order valence-corrected chi connectivity index (χ1v) is 8.75. The minimum Gasteiger partial charge on any atom is -0.481 e. The number of aliphatic carboxylic acids is 1. The minimum atomic E-state index is -1.08. The second-order valence-corrected chi connectivity index (χ2v) is 7.36. The Morgan fingerprint density at radius 2 is 1.93 bits per heavy atom. The molecule has 0 aliphatic rings. The van der Waals surface area contributed by atoms with Crippen LogP contribution in [0.4, 0.5) is 4.39 Å². The molecular weight excluding hydrogens is 353 g/mol. The minimum absolute atomic E-state index is 0.0610.